The molecule has 1 aromatic carbocycles. The third-order valence-electron chi connectivity index (χ3n) is 2.44. The van der Waals surface area contributed by atoms with Crippen LogP contribution in [0.25, 0.3) is 10.9 Å². The van der Waals surface area contributed by atoms with Gasteiger partial charge in [-0.15, -0.1) is 0 Å². The number of aromatic amines is 1. The van der Waals surface area contributed by atoms with Crippen LogP contribution in [0.5, 0.6) is 0 Å². The van der Waals surface area contributed by atoms with Crippen LogP contribution in [-0.4, -0.2) is 21.1 Å². The van der Waals surface area contributed by atoms with Gasteiger partial charge in [0.25, 0.3) is 5.91 Å². The van der Waals surface area contributed by atoms with Gasteiger partial charge in [0.15, 0.2) is 5.13 Å². The Hall–Kier alpha value is -2.41. The van der Waals surface area contributed by atoms with Gasteiger partial charge in [0, 0.05) is 17.3 Å². The van der Waals surface area contributed by atoms with E-state index < -0.39 is 0 Å². The SMILES string of the molecule is Nc1ncc(C(=O)Nc2ccc3c[nH]nc3c2)s1. The number of nitrogens with two attached hydrogens (primary N) is 1. The van der Waals surface area contributed by atoms with Crippen molar-refractivity contribution in [3.8, 4) is 0 Å². The minimum absolute atomic E-state index is 0.223. The van der Waals surface area contributed by atoms with Crippen LogP contribution in [0.15, 0.2) is 30.6 Å². The van der Waals surface area contributed by atoms with E-state index >= 15 is 0 Å². The maximum Gasteiger partial charge on any atom is 0.267 e. The number of nitrogen functional groups attached to an aromatic ring is 1. The standard InChI is InChI=1S/C11H9N5OS/c12-11-13-5-9(18-11)10(17)15-7-2-1-6-4-14-16-8(6)3-7/h1-5H,(H2,12,13)(H,14,16)(H,15,17). The molecule has 0 atom stereocenters. The first-order valence-corrected chi connectivity index (χ1v) is 6.00. The number of hydrogen-bond acceptors (Lipinski definition) is 5. The van der Waals surface area contributed by atoms with Gasteiger partial charge < -0.3 is 11.1 Å². The molecule has 0 radical (unpaired) electrons. The smallest absolute Gasteiger partial charge is 0.267 e. The van der Waals surface area contributed by atoms with Crippen molar-refractivity contribution in [2.24, 2.45) is 0 Å². The van der Waals surface area contributed by atoms with Crippen LogP contribution in [0.3, 0.4) is 0 Å². The summed E-state index contributed by atoms with van der Waals surface area (Å²) in [5, 5.41) is 11.0. The summed E-state index contributed by atoms with van der Waals surface area (Å²) in [6.45, 7) is 0. The van der Waals surface area contributed by atoms with Crippen molar-refractivity contribution < 1.29 is 4.79 Å². The number of fused-ring (bicyclic) bond motifs is 1. The quantitative estimate of drug-likeness (QED) is 0.654. The van der Waals surface area contributed by atoms with E-state index in [0.717, 1.165) is 22.2 Å². The van der Waals surface area contributed by atoms with E-state index in [0.29, 0.717) is 15.7 Å². The van der Waals surface area contributed by atoms with Crippen molar-refractivity contribution in [3.05, 3.63) is 35.5 Å². The Labute approximate surface area is 106 Å². The van der Waals surface area contributed by atoms with Gasteiger partial charge in [-0.05, 0) is 18.2 Å². The number of nitrogens with zero attached hydrogens (tertiary/aromatic N) is 2. The van der Waals surface area contributed by atoms with Crippen LogP contribution in [0.1, 0.15) is 9.67 Å². The highest BCUT2D eigenvalue weighted by molar-refractivity contribution is 7.17. The molecule has 0 saturated carbocycles. The number of benzene rings is 1. The maximum absolute atomic E-state index is 11.9. The largest absolute Gasteiger partial charge is 0.375 e. The van der Waals surface area contributed by atoms with E-state index in [9.17, 15) is 4.79 Å². The highest BCUT2D eigenvalue weighted by Gasteiger charge is 2.10. The zero-order valence-corrected chi connectivity index (χ0v) is 9.99. The molecule has 0 aliphatic carbocycles. The Morgan fingerprint density at radius 2 is 2.33 bits per heavy atom. The molecule has 6 nitrogen and oxygen atoms in total. The average Bonchev–Trinajstić information content (AvgIpc) is 2.96. The van der Waals surface area contributed by atoms with Crippen LogP contribution in [0, 0.1) is 0 Å². The molecule has 0 bridgehead atoms. The van der Waals surface area contributed by atoms with Gasteiger partial charge in [-0.25, -0.2) is 4.98 Å². The lowest BCUT2D eigenvalue weighted by atomic mass is 10.2. The molecule has 18 heavy (non-hydrogen) atoms. The number of carbonyl (C=O) groups excluding carboxylic acids is 1. The number of H-pyrrole nitrogens is 1. The molecule has 3 aromatic rings. The minimum Gasteiger partial charge on any atom is -0.375 e. The molecule has 2 heterocycles. The van der Waals surface area contributed by atoms with Gasteiger partial charge in [0.05, 0.1) is 11.7 Å². The topological polar surface area (TPSA) is 96.7 Å². The highest BCUT2D eigenvalue weighted by Crippen LogP contribution is 2.19. The Morgan fingerprint density at radius 3 is 3.11 bits per heavy atom. The summed E-state index contributed by atoms with van der Waals surface area (Å²) in [7, 11) is 0. The first-order chi connectivity index (χ1) is 8.72. The molecule has 0 aliphatic rings. The van der Waals surface area contributed by atoms with Gasteiger partial charge >= 0.3 is 0 Å². The van der Waals surface area contributed by atoms with Crippen molar-refractivity contribution in [3.63, 3.8) is 0 Å². The molecular formula is C11H9N5OS. The number of carbonyl (C=O) groups is 1. The second-order valence-electron chi connectivity index (χ2n) is 3.68. The number of aromatic nitrogens is 3. The summed E-state index contributed by atoms with van der Waals surface area (Å²) < 4.78 is 0. The molecule has 1 amide bonds. The van der Waals surface area contributed by atoms with Crippen molar-refractivity contribution in [1.82, 2.24) is 15.2 Å². The predicted octanol–water partition coefficient (Wildman–Crippen LogP) is 1.85. The van der Waals surface area contributed by atoms with E-state index in [-0.39, 0.29) is 5.91 Å². The summed E-state index contributed by atoms with van der Waals surface area (Å²) in [6, 6.07) is 5.50. The van der Waals surface area contributed by atoms with E-state index in [1.165, 1.54) is 6.20 Å². The fraction of sp³-hybridized carbons (Fsp3) is 0. The third kappa shape index (κ3) is 1.91. The Balaban J connectivity index is 1.85. The summed E-state index contributed by atoms with van der Waals surface area (Å²) >= 11 is 1.15. The van der Waals surface area contributed by atoms with Crippen molar-refractivity contribution in [2.45, 2.75) is 0 Å². The first kappa shape index (κ1) is 10.7. The van der Waals surface area contributed by atoms with Crippen LogP contribution in [0.4, 0.5) is 10.8 Å². The van der Waals surface area contributed by atoms with Gasteiger partial charge in [0.1, 0.15) is 4.88 Å². The number of rotatable bonds is 2. The monoisotopic (exact) mass is 259 g/mol. The molecule has 0 saturated heterocycles. The second kappa shape index (κ2) is 4.11. The van der Waals surface area contributed by atoms with E-state index in [2.05, 4.69) is 20.5 Å². The Bertz CT molecular complexity index is 717. The van der Waals surface area contributed by atoms with Crippen LogP contribution in [-0.2, 0) is 0 Å². The molecular weight excluding hydrogens is 250 g/mol. The summed E-state index contributed by atoms with van der Waals surface area (Å²) in [6.07, 6.45) is 3.26. The molecule has 3 rings (SSSR count). The van der Waals surface area contributed by atoms with Crippen molar-refractivity contribution in [2.75, 3.05) is 11.1 Å². The second-order valence-corrected chi connectivity index (χ2v) is 4.74. The number of thiazole rings is 1. The summed E-state index contributed by atoms with van der Waals surface area (Å²) in [4.78, 5) is 16.2. The lowest BCUT2D eigenvalue weighted by Gasteiger charge is -2.02. The van der Waals surface area contributed by atoms with Crippen LogP contribution >= 0.6 is 11.3 Å². The molecule has 0 fully saturated rings. The molecule has 2 aromatic heterocycles. The predicted molar refractivity (Wildman–Crippen MR) is 70.6 cm³/mol. The summed E-state index contributed by atoms with van der Waals surface area (Å²) in [5.41, 5.74) is 6.97. The number of anilines is 2. The fourth-order valence-corrected chi connectivity index (χ4v) is 2.18. The van der Waals surface area contributed by atoms with Crippen LogP contribution < -0.4 is 11.1 Å². The lowest BCUT2D eigenvalue weighted by molar-refractivity contribution is 0.103. The fourth-order valence-electron chi connectivity index (χ4n) is 1.60. The molecule has 7 heteroatoms. The van der Waals surface area contributed by atoms with Gasteiger partial charge in [-0.2, -0.15) is 5.10 Å². The van der Waals surface area contributed by atoms with Gasteiger partial charge in [-0.1, -0.05) is 11.3 Å². The number of amides is 1. The number of hydrogen-bond donors (Lipinski definition) is 3. The van der Waals surface area contributed by atoms with Gasteiger partial charge in [-0.3, -0.25) is 9.89 Å². The highest BCUT2D eigenvalue weighted by atomic mass is 32.1. The minimum atomic E-state index is -0.223. The zero-order chi connectivity index (χ0) is 12.5. The normalized spacial score (nSPS) is 10.7. The number of nitrogens with one attached hydrogen (secondary N) is 2. The Kier molecular flexibility index (Phi) is 2.45. The van der Waals surface area contributed by atoms with Crippen LogP contribution in [0.2, 0.25) is 0 Å². The molecule has 0 spiro atoms. The molecule has 0 unspecified atom stereocenters. The van der Waals surface area contributed by atoms with E-state index in [1.54, 1.807) is 12.3 Å². The maximum atomic E-state index is 11.9. The van der Waals surface area contributed by atoms with Crippen molar-refractivity contribution >= 4 is 39.0 Å². The average molecular weight is 259 g/mol. The van der Waals surface area contributed by atoms with E-state index in [4.69, 9.17) is 5.73 Å². The Morgan fingerprint density at radius 1 is 1.44 bits per heavy atom. The first-order valence-electron chi connectivity index (χ1n) is 5.18. The summed E-state index contributed by atoms with van der Waals surface area (Å²) in [5.74, 6) is -0.223. The van der Waals surface area contributed by atoms with Gasteiger partial charge in [0.2, 0.25) is 0 Å². The molecule has 4 N–H and O–H groups in total. The van der Waals surface area contributed by atoms with E-state index in [1.807, 2.05) is 12.1 Å². The molecule has 0 aliphatic heterocycles. The molecule has 90 valence electrons. The zero-order valence-electron chi connectivity index (χ0n) is 9.18. The van der Waals surface area contributed by atoms with Crippen molar-refractivity contribution in [1.29, 1.82) is 0 Å². The lowest BCUT2D eigenvalue weighted by Crippen LogP contribution is -2.09. The third-order valence-corrected chi connectivity index (χ3v) is 3.27.